The molecule has 2 N–H and O–H groups in total. The van der Waals surface area contributed by atoms with Crippen LogP contribution in [0.2, 0.25) is 0 Å². The van der Waals surface area contributed by atoms with Crippen molar-refractivity contribution in [1.29, 1.82) is 0 Å². The summed E-state index contributed by atoms with van der Waals surface area (Å²) in [5.41, 5.74) is 5.97. The Morgan fingerprint density at radius 2 is 1.89 bits per heavy atom. The summed E-state index contributed by atoms with van der Waals surface area (Å²) in [7, 11) is 0. The summed E-state index contributed by atoms with van der Waals surface area (Å²) in [6, 6.07) is 1.53. The summed E-state index contributed by atoms with van der Waals surface area (Å²) in [6.45, 7) is 4.51. The zero-order chi connectivity index (χ0) is 12.8. The van der Waals surface area contributed by atoms with Crippen molar-refractivity contribution in [3.8, 4) is 0 Å². The molecule has 3 atom stereocenters. The van der Waals surface area contributed by atoms with Crippen LogP contribution in [0.5, 0.6) is 0 Å². The predicted molar refractivity (Wildman–Crippen MR) is 78.7 cm³/mol. The fraction of sp³-hybridized carbons (Fsp3) is 1.00. The van der Waals surface area contributed by atoms with Gasteiger partial charge in [0.15, 0.2) is 0 Å². The van der Waals surface area contributed by atoms with Crippen molar-refractivity contribution in [3.05, 3.63) is 0 Å². The highest BCUT2D eigenvalue weighted by molar-refractivity contribution is 4.85. The lowest BCUT2D eigenvalue weighted by Gasteiger charge is -2.40. The number of nitrogens with zero attached hydrogens (tertiary/aromatic N) is 1. The van der Waals surface area contributed by atoms with Crippen molar-refractivity contribution >= 4 is 0 Å². The van der Waals surface area contributed by atoms with Crippen LogP contribution in [0.1, 0.15) is 71.1 Å². The largest absolute Gasteiger partial charge is 0.329 e. The van der Waals surface area contributed by atoms with E-state index in [2.05, 4.69) is 11.8 Å². The lowest BCUT2D eigenvalue weighted by molar-refractivity contribution is 0.0889. The Morgan fingerprint density at radius 3 is 2.67 bits per heavy atom. The lowest BCUT2D eigenvalue weighted by Crippen LogP contribution is -2.49. The summed E-state index contributed by atoms with van der Waals surface area (Å²) < 4.78 is 0. The molecule has 18 heavy (non-hydrogen) atoms. The van der Waals surface area contributed by atoms with Crippen LogP contribution < -0.4 is 5.73 Å². The Morgan fingerprint density at radius 1 is 1.00 bits per heavy atom. The van der Waals surface area contributed by atoms with E-state index in [-0.39, 0.29) is 0 Å². The molecule has 0 aromatic heterocycles. The van der Waals surface area contributed by atoms with E-state index in [1.807, 2.05) is 0 Å². The Labute approximate surface area is 113 Å². The molecule has 0 amide bonds. The van der Waals surface area contributed by atoms with Gasteiger partial charge in [0.2, 0.25) is 0 Å². The average molecular weight is 252 g/mol. The Kier molecular flexibility index (Phi) is 5.97. The molecule has 1 saturated carbocycles. The topological polar surface area (TPSA) is 29.3 Å². The minimum absolute atomic E-state index is 0.687. The molecule has 2 rings (SSSR count). The molecule has 2 nitrogen and oxygen atoms in total. The van der Waals surface area contributed by atoms with E-state index in [0.717, 1.165) is 18.5 Å². The fourth-order valence-corrected chi connectivity index (χ4v) is 4.14. The molecule has 0 aromatic carbocycles. The third-order valence-corrected chi connectivity index (χ3v) is 5.17. The minimum atomic E-state index is 0.687. The van der Waals surface area contributed by atoms with Gasteiger partial charge in [-0.15, -0.1) is 0 Å². The number of hydrogen-bond donors (Lipinski definition) is 1. The second kappa shape index (κ2) is 7.49. The average Bonchev–Trinajstić information content (AvgIpc) is 2.65. The molecule has 1 aliphatic heterocycles. The second-order valence-corrected chi connectivity index (χ2v) is 6.44. The molecule has 1 aliphatic carbocycles. The van der Waals surface area contributed by atoms with Gasteiger partial charge in [-0.2, -0.15) is 0 Å². The summed E-state index contributed by atoms with van der Waals surface area (Å²) in [5, 5.41) is 0. The van der Waals surface area contributed by atoms with Crippen LogP contribution in [-0.2, 0) is 0 Å². The summed E-state index contributed by atoms with van der Waals surface area (Å²) in [4.78, 5) is 2.78. The second-order valence-electron chi connectivity index (χ2n) is 6.44. The molecule has 0 bridgehead atoms. The SMILES string of the molecule is CCCC1CCCC(N2CCCCC2CN)CC1. The van der Waals surface area contributed by atoms with E-state index in [1.54, 1.807) is 0 Å². The maximum Gasteiger partial charge on any atom is 0.0221 e. The maximum absolute atomic E-state index is 5.97. The van der Waals surface area contributed by atoms with E-state index in [0.29, 0.717) is 6.04 Å². The van der Waals surface area contributed by atoms with E-state index in [4.69, 9.17) is 5.73 Å². The van der Waals surface area contributed by atoms with Gasteiger partial charge in [0.1, 0.15) is 0 Å². The van der Waals surface area contributed by atoms with Crippen LogP contribution >= 0.6 is 0 Å². The monoisotopic (exact) mass is 252 g/mol. The molecule has 3 unspecified atom stereocenters. The molecular weight excluding hydrogens is 220 g/mol. The van der Waals surface area contributed by atoms with E-state index < -0.39 is 0 Å². The zero-order valence-corrected chi connectivity index (χ0v) is 12.2. The number of likely N-dealkylation sites (tertiary alicyclic amines) is 1. The minimum Gasteiger partial charge on any atom is -0.329 e. The van der Waals surface area contributed by atoms with Gasteiger partial charge in [-0.05, 0) is 44.6 Å². The highest BCUT2D eigenvalue weighted by Crippen LogP contribution is 2.31. The third kappa shape index (κ3) is 3.71. The van der Waals surface area contributed by atoms with Gasteiger partial charge in [0, 0.05) is 18.6 Å². The zero-order valence-electron chi connectivity index (χ0n) is 12.2. The Balaban J connectivity index is 1.87. The van der Waals surface area contributed by atoms with Gasteiger partial charge in [0.05, 0.1) is 0 Å². The van der Waals surface area contributed by atoms with Crippen LogP contribution in [0.15, 0.2) is 0 Å². The van der Waals surface area contributed by atoms with Crippen LogP contribution in [-0.4, -0.2) is 30.1 Å². The van der Waals surface area contributed by atoms with Crippen LogP contribution in [0, 0.1) is 5.92 Å². The molecule has 0 spiro atoms. The highest BCUT2D eigenvalue weighted by Gasteiger charge is 2.29. The molecule has 2 aliphatic rings. The molecule has 106 valence electrons. The van der Waals surface area contributed by atoms with Crippen molar-refractivity contribution in [2.24, 2.45) is 11.7 Å². The van der Waals surface area contributed by atoms with Crippen molar-refractivity contribution in [2.45, 2.75) is 83.2 Å². The quantitative estimate of drug-likeness (QED) is 0.775. The predicted octanol–water partition coefficient (Wildman–Crippen LogP) is 3.55. The molecule has 0 aromatic rings. The van der Waals surface area contributed by atoms with E-state index in [9.17, 15) is 0 Å². The summed E-state index contributed by atoms with van der Waals surface area (Å²) in [6.07, 6.45) is 14.2. The Bertz CT molecular complexity index is 229. The lowest BCUT2D eigenvalue weighted by atomic mass is 9.94. The van der Waals surface area contributed by atoms with E-state index in [1.165, 1.54) is 70.8 Å². The van der Waals surface area contributed by atoms with Crippen molar-refractivity contribution < 1.29 is 0 Å². The number of rotatable bonds is 4. The van der Waals surface area contributed by atoms with Gasteiger partial charge in [0.25, 0.3) is 0 Å². The highest BCUT2D eigenvalue weighted by atomic mass is 15.2. The van der Waals surface area contributed by atoms with Crippen molar-refractivity contribution in [2.75, 3.05) is 13.1 Å². The fourth-order valence-electron chi connectivity index (χ4n) is 4.14. The first-order valence-corrected chi connectivity index (χ1v) is 8.31. The first kappa shape index (κ1) is 14.3. The van der Waals surface area contributed by atoms with Gasteiger partial charge >= 0.3 is 0 Å². The number of hydrogen-bond acceptors (Lipinski definition) is 2. The smallest absolute Gasteiger partial charge is 0.0221 e. The van der Waals surface area contributed by atoms with Crippen LogP contribution in [0.3, 0.4) is 0 Å². The standard InChI is InChI=1S/C16H32N2/c1-2-6-14-7-5-9-15(11-10-14)18-12-4-3-8-16(18)13-17/h14-16H,2-13,17H2,1H3. The van der Waals surface area contributed by atoms with Crippen LogP contribution in [0.25, 0.3) is 0 Å². The molecular formula is C16H32N2. The number of piperidine rings is 1. The summed E-state index contributed by atoms with van der Waals surface area (Å²) in [5.74, 6) is 1.01. The van der Waals surface area contributed by atoms with Crippen molar-refractivity contribution in [1.82, 2.24) is 4.90 Å². The normalized spacial score (nSPS) is 35.3. The number of nitrogens with two attached hydrogens (primary N) is 1. The molecule has 1 heterocycles. The summed E-state index contributed by atoms with van der Waals surface area (Å²) >= 11 is 0. The van der Waals surface area contributed by atoms with Gasteiger partial charge in [-0.3, -0.25) is 4.90 Å². The molecule has 1 saturated heterocycles. The third-order valence-electron chi connectivity index (χ3n) is 5.17. The van der Waals surface area contributed by atoms with Crippen molar-refractivity contribution in [3.63, 3.8) is 0 Å². The first-order valence-electron chi connectivity index (χ1n) is 8.31. The van der Waals surface area contributed by atoms with E-state index >= 15 is 0 Å². The van der Waals surface area contributed by atoms with Gasteiger partial charge in [-0.25, -0.2) is 0 Å². The Hall–Kier alpha value is -0.0800. The maximum atomic E-state index is 5.97. The van der Waals surface area contributed by atoms with Crippen LogP contribution in [0.4, 0.5) is 0 Å². The first-order chi connectivity index (χ1) is 8.85. The van der Waals surface area contributed by atoms with Gasteiger partial charge in [-0.1, -0.05) is 39.0 Å². The van der Waals surface area contributed by atoms with Gasteiger partial charge < -0.3 is 5.73 Å². The molecule has 2 fully saturated rings. The molecule has 2 heteroatoms. The molecule has 0 radical (unpaired) electrons.